The van der Waals surface area contributed by atoms with Crippen LogP contribution in [0.1, 0.15) is 5.56 Å². The summed E-state index contributed by atoms with van der Waals surface area (Å²) in [6.07, 6.45) is 1.64. The zero-order valence-electron chi connectivity index (χ0n) is 8.75. The Labute approximate surface area is 115 Å². The quantitative estimate of drug-likeness (QED) is 0.831. The Balaban J connectivity index is 2.13. The van der Waals surface area contributed by atoms with Gasteiger partial charge in [-0.2, -0.15) is 0 Å². The maximum absolute atomic E-state index is 6.08. The molecule has 0 unspecified atom stereocenters. The molecule has 1 aromatic heterocycles. The Morgan fingerprint density at radius 1 is 1.06 bits per heavy atom. The second kappa shape index (κ2) is 5.58. The fourth-order valence-electron chi connectivity index (χ4n) is 1.39. The topological polar surface area (TPSA) is 24.9 Å². The van der Waals surface area contributed by atoms with Crippen molar-refractivity contribution in [3.8, 4) is 0 Å². The van der Waals surface area contributed by atoms with Crippen LogP contribution in [0.3, 0.4) is 0 Å². The summed E-state index contributed by atoms with van der Waals surface area (Å²) in [4.78, 5) is 3.98. The molecule has 0 fully saturated rings. The molecule has 0 aliphatic rings. The Morgan fingerprint density at radius 3 is 2.65 bits per heavy atom. The van der Waals surface area contributed by atoms with E-state index in [0.29, 0.717) is 21.7 Å². The molecule has 2 rings (SSSR count). The number of anilines is 1. The lowest BCUT2D eigenvalue weighted by Gasteiger charge is -2.09. The second-order valence-corrected chi connectivity index (χ2v) is 4.55. The molecule has 2 aromatic rings. The van der Waals surface area contributed by atoms with Crippen molar-refractivity contribution in [1.29, 1.82) is 0 Å². The van der Waals surface area contributed by atoms with E-state index >= 15 is 0 Å². The molecule has 0 radical (unpaired) electrons. The highest BCUT2D eigenvalue weighted by molar-refractivity contribution is 6.42. The van der Waals surface area contributed by atoms with Gasteiger partial charge in [-0.1, -0.05) is 46.9 Å². The number of hydrogen-bond donors (Lipinski definition) is 1. The third kappa shape index (κ3) is 3.03. The van der Waals surface area contributed by atoms with Gasteiger partial charge in [0.15, 0.2) is 5.15 Å². The normalized spacial score (nSPS) is 10.3. The fourth-order valence-corrected chi connectivity index (χ4v) is 1.97. The van der Waals surface area contributed by atoms with E-state index in [1.165, 1.54) is 0 Å². The Hall–Kier alpha value is -0.960. The number of nitrogens with zero attached hydrogens (tertiary/aromatic N) is 1. The molecular weight excluding hydrogens is 279 g/mol. The summed E-state index contributed by atoms with van der Waals surface area (Å²) in [7, 11) is 0. The van der Waals surface area contributed by atoms with Gasteiger partial charge < -0.3 is 5.32 Å². The third-order valence-corrected chi connectivity index (χ3v) is 3.42. The van der Waals surface area contributed by atoms with Gasteiger partial charge in [0.25, 0.3) is 0 Å². The highest BCUT2D eigenvalue weighted by Gasteiger charge is 2.05. The van der Waals surface area contributed by atoms with Gasteiger partial charge in [-0.15, -0.1) is 0 Å². The standard InChI is InChI=1S/C12H9Cl3N2/c13-9-4-1-3-8(11(9)14)7-17-10-5-2-6-16-12(10)15/h1-6,17H,7H2. The lowest BCUT2D eigenvalue weighted by Crippen LogP contribution is -2.01. The summed E-state index contributed by atoms with van der Waals surface area (Å²) in [5, 5.41) is 4.70. The minimum Gasteiger partial charge on any atom is -0.378 e. The van der Waals surface area contributed by atoms with Crippen molar-refractivity contribution in [3.63, 3.8) is 0 Å². The molecule has 0 saturated heterocycles. The van der Waals surface area contributed by atoms with Crippen molar-refractivity contribution in [1.82, 2.24) is 4.98 Å². The smallest absolute Gasteiger partial charge is 0.152 e. The van der Waals surface area contributed by atoms with Crippen LogP contribution in [0.4, 0.5) is 5.69 Å². The first-order chi connectivity index (χ1) is 8.18. The van der Waals surface area contributed by atoms with Crippen LogP contribution in [0, 0.1) is 0 Å². The van der Waals surface area contributed by atoms with Gasteiger partial charge in [0.1, 0.15) is 0 Å². The molecule has 5 heteroatoms. The minimum absolute atomic E-state index is 0.436. The number of nitrogens with one attached hydrogen (secondary N) is 1. The van der Waals surface area contributed by atoms with Gasteiger partial charge in [-0.25, -0.2) is 4.98 Å². The third-order valence-electron chi connectivity index (χ3n) is 2.26. The lowest BCUT2D eigenvalue weighted by molar-refractivity contribution is 1.14. The van der Waals surface area contributed by atoms with Crippen LogP contribution < -0.4 is 5.32 Å². The number of pyridine rings is 1. The molecule has 1 heterocycles. The van der Waals surface area contributed by atoms with Crippen LogP contribution in [0.25, 0.3) is 0 Å². The first kappa shape index (κ1) is 12.5. The Morgan fingerprint density at radius 2 is 1.88 bits per heavy atom. The van der Waals surface area contributed by atoms with Gasteiger partial charge in [-0.05, 0) is 23.8 Å². The average Bonchev–Trinajstić information content (AvgIpc) is 2.33. The number of hydrogen-bond acceptors (Lipinski definition) is 2. The van der Waals surface area contributed by atoms with E-state index in [2.05, 4.69) is 10.3 Å². The van der Waals surface area contributed by atoms with Crippen molar-refractivity contribution >= 4 is 40.5 Å². The molecule has 0 aliphatic heterocycles. The minimum atomic E-state index is 0.436. The Kier molecular flexibility index (Phi) is 4.11. The number of aromatic nitrogens is 1. The van der Waals surface area contributed by atoms with Crippen molar-refractivity contribution in [3.05, 3.63) is 57.3 Å². The summed E-state index contributed by atoms with van der Waals surface area (Å²) >= 11 is 17.9. The van der Waals surface area contributed by atoms with Crippen molar-refractivity contribution in [2.45, 2.75) is 6.54 Å². The molecule has 88 valence electrons. The zero-order chi connectivity index (χ0) is 12.3. The molecule has 1 N–H and O–H groups in total. The van der Waals surface area contributed by atoms with E-state index in [1.54, 1.807) is 12.3 Å². The first-order valence-electron chi connectivity index (χ1n) is 4.96. The molecule has 1 aromatic carbocycles. The lowest BCUT2D eigenvalue weighted by atomic mass is 10.2. The summed E-state index contributed by atoms with van der Waals surface area (Å²) < 4.78 is 0. The summed E-state index contributed by atoms with van der Waals surface area (Å²) in [6.45, 7) is 0.546. The SMILES string of the molecule is Clc1cccc(CNc2cccnc2Cl)c1Cl. The summed E-state index contributed by atoms with van der Waals surface area (Å²) in [6, 6.07) is 9.19. The predicted octanol–water partition coefficient (Wildman–Crippen LogP) is 4.65. The van der Waals surface area contributed by atoms with E-state index < -0.39 is 0 Å². The number of benzene rings is 1. The molecule has 2 nitrogen and oxygen atoms in total. The highest BCUT2D eigenvalue weighted by atomic mass is 35.5. The van der Waals surface area contributed by atoms with Crippen LogP contribution in [-0.2, 0) is 6.54 Å². The molecule has 0 amide bonds. The molecular formula is C12H9Cl3N2. The van der Waals surface area contributed by atoms with Crippen LogP contribution in [0.2, 0.25) is 15.2 Å². The highest BCUT2D eigenvalue weighted by Crippen LogP contribution is 2.26. The monoisotopic (exact) mass is 286 g/mol. The van der Waals surface area contributed by atoms with E-state index in [1.807, 2.05) is 24.3 Å². The molecule has 0 atom stereocenters. The van der Waals surface area contributed by atoms with Gasteiger partial charge >= 0.3 is 0 Å². The van der Waals surface area contributed by atoms with Crippen molar-refractivity contribution in [2.75, 3.05) is 5.32 Å². The predicted molar refractivity (Wildman–Crippen MR) is 73.0 cm³/mol. The van der Waals surface area contributed by atoms with Crippen LogP contribution in [0.15, 0.2) is 36.5 Å². The second-order valence-electron chi connectivity index (χ2n) is 3.41. The van der Waals surface area contributed by atoms with E-state index in [-0.39, 0.29) is 0 Å². The van der Waals surface area contributed by atoms with E-state index in [0.717, 1.165) is 11.3 Å². The average molecular weight is 288 g/mol. The van der Waals surface area contributed by atoms with E-state index in [4.69, 9.17) is 34.8 Å². The number of halogens is 3. The molecule has 17 heavy (non-hydrogen) atoms. The molecule has 0 saturated carbocycles. The van der Waals surface area contributed by atoms with Gasteiger partial charge in [0.05, 0.1) is 15.7 Å². The molecule has 0 bridgehead atoms. The van der Waals surface area contributed by atoms with Gasteiger partial charge in [-0.3, -0.25) is 0 Å². The zero-order valence-corrected chi connectivity index (χ0v) is 11.0. The first-order valence-corrected chi connectivity index (χ1v) is 6.09. The van der Waals surface area contributed by atoms with Crippen molar-refractivity contribution in [2.24, 2.45) is 0 Å². The summed E-state index contributed by atoms with van der Waals surface area (Å²) in [5.41, 5.74) is 1.68. The molecule has 0 spiro atoms. The largest absolute Gasteiger partial charge is 0.378 e. The van der Waals surface area contributed by atoms with Gasteiger partial charge in [0.2, 0.25) is 0 Å². The van der Waals surface area contributed by atoms with Gasteiger partial charge in [0, 0.05) is 12.7 Å². The maximum Gasteiger partial charge on any atom is 0.152 e. The van der Waals surface area contributed by atoms with Crippen LogP contribution in [-0.4, -0.2) is 4.98 Å². The Bertz CT molecular complexity index is 529. The number of rotatable bonds is 3. The van der Waals surface area contributed by atoms with Crippen molar-refractivity contribution < 1.29 is 0 Å². The summed E-state index contributed by atoms with van der Waals surface area (Å²) in [5.74, 6) is 0. The van der Waals surface area contributed by atoms with E-state index in [9.17, 15) is 0 Å². The molecule has 0 aliphatic carbocycles. The van der Waals surface area contributed by atoms with Crippen LogP contribution in [0.5, 0.6) is 0 Å². The fraction of sp³-hybridized carbons (Fsp3) is 0.0833. The maximum atomic E-state index is 6.08. The van der Waals surface area contributed by atoms with Crippen LogP contribution >= 0.6 is 34.8 Å².